The number of ketones is 1. The first-order chi connectivity index (χ1) is 11.1. The van der Waals surface area contributed by atoms with Crippen molar-refractivity contribution in [2.75, 3.05) is 5.75 Å². The molecule has 114 valence electrons. The molecule has 0 aliphatic rings. The van der Waals surface area contributed by atoms with Gasteiger partial charge >= 0.3 is 0 Å². The van der Waals surface area contributed by atoms with Crippen molar-refractivity contribution in [3.05, 3.63) is 46.7 Å². The summed E-state index contributed by atoms with van der Waals surface area (Å²) < 4.78 is 2.40. The number of thioether (sulfide) groups is 1. The number of carbonyl (C=O) groups is 1. The van der Waals surface area contributed by atoms with E-state index in [4.69, 9.17) is 0 Å². The van der Waals surface area contributed by atoms with Crippen LogP contribution in [0.25, 0.3) is 16.5 Å². The van der Waals surface area contributed by atoms with Gasteiger partial charge in [0, 0.05) is 10.8 Å². The zero-order chi connectivity index (χ0) is 16.4. The molecular formula is C16H11BrN4OS. The maximum Gasteiger partial charge on any atom is 0.205 e. The number of halogens is 1. The summed E-state index contributed by atoms with van der Waals surface area (Å²) in [5.74, 6) is 0.407. The topological polar surface area (TPSA) is 71.6 Å². The minimum atomic E-state index is 0.0744. The third-order valence-electron chi connectivity index (χ3n) is 3.26. The van der Waals surface area contributed by atoms with E-state index in [0.29, 0.717) is 21.2 Å². The zero-order valence-corrected chi connectivity index (χ0v) is 14.6. The van der Waals surface area contributed by atoms with Gasteiger partial charge in [0.2, 0.25) is 4.73 Å². The molecule has 0 unspecified atom stereocenters. The van der Waals surface area contributed by atoms with Crippen LogP contribution in [0.4, 0.5) is 0 Å². The first-order valence-electron chi connectivity index (χ1n) is 6.77. The fraction of sp³-hybridized carbons (Fsp3) is 0.125. The summed E-state index contributed by atoms with van der Waals surface area (Å²) in [6, 6.07) is 13.6. The van der Waals surface area contributed by atoms with E-state index < -0.39 is 0 Å². The minimum Gasteiger partial charge on any atom is -0.299 e. The molecule has 0 saturated carbocycles. The predicted molar refractivity (Wildman–Crippen MR) is 92.7 cm³/mol. The first kappa shape index (κ1) is 15.7. The van der Waals surface area contributed by atoms with Crippen molar-refractivity contribution in [3.63, 3.8) is 0 Å². The lowest BCUT2D eigenvalue weighted by atomic mass is 10.0. The number of hydrogen-bond acceptors (Lipinski definition) is 5. The molecule has 3 aromatic rings. The van der Waals surface area contributed by atoms with Crippen molar-refractivity contribution in [2.45, 2.75) is 12.1 Å². The molecule has 0 bridgehead atoms. The van der Waals surface area contributed by atoms with Crippen molar-refractivity contribution in [1.82, 2.24) is 14.8 Å². The Hall–Kier alpha value is -2.17. The summed E-state index contributed by atoms with van der Waals surface area (Å²) in [4.78, 5) is 11.2. The SMILES string of the molecule is CC(=O)CSc1nnc(Br)n1-c1ccc(C#N)c2ccccc12. The van der Waals surface area contributed by atoms with E-state index in [9.17, 15) is 10.1 Å². The lowest BCUT2D eigenvalue weighted by molar-refractivity contribution is -0.114. The van der Waals surface area contributed by atoms with Gasteiger partial charge in [-0.1, -0.05) is 36.0 Å². The third kappa shape index (κ3) is 3.00. The molecule has 2 aromatic carbocycles. The van der Waals surface area contributed by atoms with Gasteiger partial charge in [-0.15, -0.1) is 10.2 Å². The van der Waals surface area contributed by atoms with E-state index in [0.717, 1.165) is 16.5 Å². The van der Waals surface area contributed by atoms with Crippen molar-refractivity contribution < 1.29 is 4.79 Å². The maximum absolute atomic E-state index is 11.2. The van der Waals surface area contributed by atoms with Crippen molar-refractivity contribution in [1.29, 1.82) is 5.26 Å². The van der Waals surface area contributed by atoms with Crippen LogP contribution < -0.4 is 0 Å². The fourth-order valence-electron chi connectivity index (χ4n) is 2.29. The Balaban J connectivity index is 2.20. The number of aromatic nitrogens is 3. The summed E-state index contributed by atoms with van der Waals surface area (Å²) in [6.07, 6.45) is 0. The predicted octanol–water partition coefficient (Wildman–Crippen LogP) is 3.74. The number of nitrogens with zero attached hydrogens (tertiary/aromatic N) is 4. The number of carbonyl (C=O) groups excluding carboxylic acids is 1. The van der Waals surface area contributed by atoms with E-state index in [-0.39, 0.29) is 5.78 Å². The second kappa shape index (κ2) is 6.52. The minimum absolute atomic E-state index is 0.0744. The van der Waals surface area contributed by atoms with Gasteiger partial charge in [0.05, 0.1) is 23.1 Å². The molecule has 0 aliphatic carbocycles. The third-order valence-corrected chi connectivity index (χ3v) is 4.85. The molecule has 0 N–H and O–H groups in total. The quantitative estimate of drug-likeness (QED) is 0.638. The Morgan fingerprint density at radius 2 is 2.00 bits per heavy atom. The van der Waals surface area contributed by atoms with Crippen LogP contribution in [0.1, 0.15) is 12.5 Å². The molecule has 0 amide bonds. The fourth-order valence-corrected chi connectivity index (χ4v) is 3.59. The molecule has 7 heteroatoms. The smallest absolute Gasteiger partial charge is 0.205 e. The van der Waals surface area contributed by atoms with Crippen LogP contribution in [0, 0.1) is 11.3 Å². The molecule has 0 atom stereocenters. The van der Waals surface area contributed by atoms with Crippen molar-refractivity contribution in [3.8, 4) is 11.8 Å². The number of Topliss-reactive ketones (excluding diaryl/α,β-unsaturated/α-hetero) is 1. The van der Waals surface area contributed by atoms with Crippen molar-refractivity contribution in [2.24, 2.45) is 0 Å². The summed E-state index contributed by atoms with van der Waals surface area (Å²) in [7, 11) is 0. The van der Waals surface area contributed by atoms with Gasteiger partial charge in [-0.2, -0.15) is 5.26 Å². The molecular weight excluding hydrogens is 376 g/mol. The Kier molecular flexibility index (Phi) is 4.46. The van der Waals surface area contributed by atoms with E-state index in [2.05, 4.69) is 32.2 Å². The Morgan fingerprint density at radius 3 is 2.70 bits per heavy atom. The lowest BCUT2D eigenvalue weighted by Crippen LogP contribution is -2.01. The molecule has 0 radical (unpaired) electrons. The van der Waals surface area contributed by atoms with Crippen LogP contribution in [-0.2, 0) is 4.79 Å². The highest BCUT2D eigenvalue weighted by Gasteiger charge is 2.16. The van der Waals surface area contributed by atoms with E-state index in [1.54, 1.807) is 13.0 Å². The summed E-state index contributed by atoms with van der Waals surface area (Å²) in [6.45, 7) is 1.54. The Bertz CT molecular complexity index is 945. The van der Waals surface area contributed by atoms with Gasteiger partial charge in [-0.25, -0.2) is 0 Å². The number of benzene rings is 2. The molecule has 0 spiro atoms. The normalized spacial score (nSPS) is 10.7. The molecule has 0 saturated heterocycles. The van der Waals surface area contributed by atoms with Crippen LogP contribution in [0.2, 0.25) is 0 Å². The summed E-state index contributed by atoms with van der Waals surface area (Å²) in [5.41, 5.74) is 1.48. The van der Waals surface area contributed by atoms with Crippen LogP contribution >= 0.6 is 27.7 Å². The van der Waals surface area contributed by atoms with Gasteiger partial charge in [-0.3, -0.25) is 9.36 Å². The molecule has 5 nitrogen and oxygen atoms in total. The highest BCUT2D eigenvalue weighted by atomic mass is 79.9. The molecule has 1 aromatic heterocycles. The molecule has 23 heavy (non-hydrogen) atoms. The van der Waals surface area contributed by atoms with Gasteiger partial charge < -0.3 is 0 Å². The number of fused-ring (bicyclic) bond motifs is 1. The highest BCUT2D eigenvalue weighted by Crippen LogP contribution is 2.31. The number of hydrogen-bond donors (Lipinski definition) is 0. The molecule has 3 rings (SSSR count). The van der Waals surface area contributed by atoms with Gasteiger partial charge in [-0.05, 0) is 35.0 Å². The van der Waals surface area contributed by atoms with E-state index >= 15 is 0 Å². The molecule has 1 heterocycles. The average molecular weight is 387 g/mol. The summed E-state index contributed by atoms with van der Waals surface area (Å²) >= 11 is 4.74. The highest BCUT2D eigenvalue weighted by molar-refractivity contribution is 9.10. The first-order valence-corrected chi connectivity index (χ1v) is 8.55. The van der Waals surface area contributed by atoms with Gasteiger partial charge in [0.25, 0.3) is 0 Å². The number of nitriles is 1. The van der Waals surface area contributed by atoms with E-state index in [1.165, 1.54) is 11.8 Å². The number of rotatable bonds is 4. The van der Waals surface area contributed by atoms with Crippen LogP contribution in [0.3, 0.4) is 0 Å². The Labute approximate surface area is 145 Å². The maximum atomic E-state index is 11.2. The van der Waals surface area contributed by atoms with Crippen molar-refractivity contribution >= 4 is 44.2 Å². The second-order valence-electron chi connectivity index (χ2n) is 4.87. The van der Waals surface area contributed by atoms with Crippen LogP contribution in [-0.4, -0.2) is 26.3 Å². The standard InChI is InChI=1S/C16H11BrN4OS/c1-10(22)9-23-16-20-19-15(17)21(16)14-7-6-11(8-18)12-4-2-3-5-13(12)14/h2-7H,9H2,1H3. The second-order valence-corrected chi connectivity index (χ2v) is 6.52. The monoisotopic (exact) mass is 386 g/mol. The Morgan fingerprint density at radius 1 is 1.26 bits per heavy atom. The zero-order valence-electron chi connectivity index (χ0n) is 12.2. The average Bonchev–Trinajstić information content (AvgIpc) is 2.92. The van der Waals surface area contributed by atoms with Crippen LogP contribution in [0.15, 0.2) is 46.3 Å². The summed E-state index contributed by atoms with van der Waals surface area (Å²) in [5, 5.41) is 19.9. The van der Waals surface area contributed by atoms with Crippen LogP contribution in [0.5, 0.6) is 0 Å². The molecule has 0 aliphatic heterocycles. The lowest BCUT2D eigenvalue weighted by Gasteiger charge is -2.11. The largest absolute Gasteiger partial charge is 0.299 e. The van der Waals surface area contributed by atoms with Gasteiger partial charge in [0.15, 0.2) is 5.16 Å². The van der Waals surface area contributed by atoms with E-state index in [1.807, 2.05) is 34.9 Å². The molecule has 0 fully saturated rings. The van der Waals surface area contributed by atoms with Gasteiger partial charge in [0.1, 0.15) is 5.78 Å².